The highest BCUT2D eigenvalue weighted by atomic mass is 16.7. The van der Waals surface area contributed by atoms with E-state index in [1.54, 1.807) is 0 Å². The van der Waals surface area contributed by atoms with E-state index in [2.05, 4.69) is 0 Å². The molecule has 8 atom stereocenters. The first kappa shape index (κ1) is 38.6. The van der Waals surface area contributed by atoms with Crippen LogP contribution < -0.4 is 18.9 Å². The summed E-state index contributed by atoms with van der Waals surface area (Å²) >= 11 is 0. The number of phenolic OH excluding ortho intramolecular Hbond substituents is 10. The Morgan fingerprint density at radius 1 is 0.484 bits per heavy atom. The summed E-state index contributed by atoms with van der Waals surface area (Å²) < 4.78 is 25.5. The molecule has 6 aromatic rings. The number of rotatable bonds is 4. The van der Waals surface area contributed by atoms with Crippen molar-refractivity contribution >= 4 is 0 Å². The Hall–Kier alpha value is -7.60. The second-order valence-corrected chi connectivity index (χ2v) is 15.7. The van der Waals surface area contributed by atoms with E-state index in [0.717, 1.165) is 24.3 Å². The maximum Gasteiger partial charge on any atom is 0.305 e. The second-order valence-electron chi connectivity index (χ2n) is 15.7. The quantitative estimate of drug-likeness (QED) is 0.108. The fraction of sp³-hybridized carbons (Fsp3) is 0.200. The van der Waals surface area contributed by atoms with E-state index in [1.165, 1.54) is 60.7 Å². The Morgan fingerprint density at radius 3 is 1.77 bits per heavy atom. The Bertz CT molecular complexity index is 2860. The van der Waals surface area contributed by atoms with E-state index < -0.39 is 106 Å². The summed E-state index contributed by atoms with van der Waals surface area (Å²) in [5.41, 5.74) is 0.338. The number of benzene rings is 6. The number of phenols is 10. The van der Waals surface area contributed by atoms with Crippen molar-refractivity contribution < 1.29 is 85.3 Å². The molecule has 0 spiro atoms. The van der Waals surface area contributed by atoms with Crippen molar-refractivity contribution in [1.29, 1.82) is 0 Å². The Morgan fingerprint density at radius 2 is 1.11 bits per heavy atom. The van der Waals surface area contributed by atoms with E-state index in [4.69, 9.17) is 18.9 Å². The predicted octanol–water partition coefficient (Wildman–Crippen LogP) is 4.54. The number of ether oxygens (including phenoxy) is 4. The van der Waals surface area contributed by atoms with Gasteiger partial charge in [0.05, 0.1) is 12.0 Å². The molecule has 17 nitrogen and oxygen atoms in total. The minimum atomic E-state index is -2.24. The number of aliphatic hydroxyl groups is 3. The topological polar surface area (TPSA) is 300 Å². The van der Waals surface area contributed by atoms with Gasteiger partial charge < -0.3 is 85.3 Å². The minimum absolute atomic E-state index is 0.00494. The van der Waals surface area contributed by atoms with Crippen molar-refractivity contribution in [2.45, 2.75) is 54.6 Å². The van der Waals surface area contributed by atoms with Gasteiger partial charge in [0.2, 0.25) is 0 Å². The van der Waals surface area contributed by atoms with Crippen LogP contribution in [0.2, 0.25) is 0 Å². The number of fused-ring (bicyclic) bond motifs is 9. The lowest BCUT2D eigenvalue weighted by Crippen LogP contribution is -2.57. The molecule has 4 aliphatic heterocycles. The smallest absolute Gasteiger partial charge is 0.305 e. The molecule has 13 N–H and O–H groups in total. The van der Waals surface area contributed by atoms with Crippen molar-refractivity contribution in [3.63, 3.8) is 0 Å². The van der Waals surface area contributed by atoms with Crippen molar-refractivity contribution in [2.75, 3.05) is 0 Å². The number of aliphatic hydroxyl groups excluding tert-OH is 3. The van der Waals surface area contributed by atoms with Crippen LogP contribution in [0.25, 0.3) is 0 Å². The van der Waals surface area contributed by atoms with E-state index in [1.807, 2.05) is 0 Å². The first-order chi connectivity index (χ1) is 29.6. The molecule has 0 fully saturated rings. The number of hydrogen-bond acceptors (Lipinski definition) is 17. The molecule has 0 saturated carbocycles. The van der Waals surface area contributed by atoms with E-state index in [0.29, 0.717) is 0 Å². The van der Waals surface area contributed by atoms with Crippen LogP contribution in [0.4, 0.5) is 0 Å². The summed E-state index contributed by atoms with van der Waals surface area (Å²) in [6.45, 7) is 0. The van der Waals surface area contributed by atoms with Gasteiger partial charge in [-0.05, 0) is 59.7 Å². The maximum absolute atomic E-state index is 12.7. The lowest BCUT2D eigenvalue weighted by molar-refractivity contribution is -0.219. The summed E-state index contributed by atoms with van der Waals surface area (Å²) in [7, 11) is 0. The van der Waals surface area contributed by atoms with Gasteiger partial charge in [-0.3, -0.25) is 0 Å². The first-order valence-corrected chi connectivity index (χ1v) is 19.2. The molecule has 10 rings (SSSR count). The van der Waals surface area contributed by atoms with E-state index in [-0.39, 0.29) is 73.9 Å². The molecule has 0 aromatic heterocycles. The predicted molar refractivity (Wildman–Crippen MR) is 210 cm³/mol. The van der Waals surface area contributed by atoms with Gasteiger partial charge in [0.1, 0.15) is 64.3 Å². The monoisotopic (exact) mass is 848 g/mol. The van der Waals surface area contributed by atoms with Crippen LogP contribution in [0, 0.1) is 0 Å². The van der Waals surface area contributed by atoms with Crippen LogP contribution >= 0.6 is 0 Å². The molecule has 62 heavy (non-hydrogen) atoms. The normalized spacial score (nSPS) is 25.4. The van der Waals surface area contributed by atoms with Gasteiger partial charge in [-0.15, -0.1) is 0 Å². The molecular formula is C45H36O17. The molecule has 6 aromatic carbocycles. The van der Waals surface area contributed by atoms with Gasteiger partial charge in [0, 0.05) is 63.9 Å². The van der Waals surface area contributed by atoms with Crippen LogP contribution in [0.1, 0.15) is 68.6 Å². The molecule has 2 bridgehead atoms. The average molecular weight is 849 g/mol. The third-order valence-electron chi connectivity index (χ3n) is 12.1. The minimum Gasteiger partial charge on any atom is -0.508 e. The third kappa shape index (κ3) is 5.52. The Balaban J connectivity index is 1.20. The molecule has 0 amide bonds. The number of aromatic hydroxyl groups is 10. The van der Waals surface area contributed by atoms with Crippen molar-refractivity contribution in [3.8, 4) is 80.5 Å². The molecule has 0 aliphatic carbocycles. The lowest BCUT2D eigenvalue weighted by atomic mass is 9.72. The second kappa shape index (κ2) is 13.5. The van der Waals surface area contributed by atoms with Crippen LogP contribution in [0.5, 0.6) is 80.5 Å². The lowest BCUT2D eigenvalue weighted by Gasteiger charge is -2.51. The summed E-state index contributed by atoms with van der Waals surface area (Å²) in [5, 5.41) is 144. The molecule has 318 valence electrons. The molecule has 4 aliphatic rings. The summed E-state index contributed by atoms with van der Waals surface area (Å²) in [6.07, 6.45) is -7.59. The Labute approximate surface area is 349 Å². The Kier molecular flexibility index (Phi) is 8.37. The zero-order valence-electron chi connectivity index (χ0n) is 31.8. The maximum atomic E-state index is 12.7. The van der Waals surface area contributed by atoms with Crippen LogP contribution in [0.3, 0.4) is 0 Å². The highest BCUT2D eigenvalue weighted by molar-refractivity contribution is 5.70. The highest BCUT2D eigenvalue weighted by Crippen LogP contribution is 2.64. The zero-order valence-corrected chi connectivity index (χ0v) is 31.8. The summed E-state index contributed by atoms with van der Waals surface area (Å²) in [4.78, 5) is 0. The summed E-state index contributed by atoms with van der Waals surface area (Å²) in [5.74, 6) is -10.3. The van der Waals surface area contributed by atoms with Crippen molar-refractivity contribution in [2.24, 2.45) is 0 Å². The van der Waals surface area contributed by atoms with Crippen LogP contribution in [0.15, 0.2) is 84.9 Å². The fourth-order valence-corrected chi connectivity index (χ4v) is 9.23. The van der Waals surface area contributed by atoms with Gasteiger partial charge >= 0.3 is 5.79 Å². The van der Waals surface area contributed by atoms with Gasteiger partial charge in [0.25, 0.3) is 0 Å². The van der Waals surface area contributed by atoms with E-state index in [9.17, 15) is 66.4 Å². The molecule has 0 saturated heterocycles. The van der Waals surface area contributed by atoms with Gasteiger partial charge in [-0.25, -0.2) is 0 Å². The van der Waals surface area contributed by atoms with Gasteiger partial charge in [-0.1, -0.05) is 18.2 Å². The van der Waals surface area contributed by atoms with Crippen molar-refractivity contribution in [3.05, 3.63) is 129 Å². The molecule has 0 radical (unpaired) electrons. The molecular weight excluding hydrogens is 812 g/mol. The summed E-state index contributed by atoms with van der Waals surface area (Å²) in [6, 6.07) is 17.3. The zero-order chi connectivity index (χ0) is 43.7. The van der Waals surface area contributed by atoms with Crippen LogP contribution in [-0.2, 0) is 12.2 Å². The third-order valence-corrected chi connectivity index (χ3v) is 12.1. The molecule has 1 unspecified atom stereocenters. The van der Waals surface area contributed by atoms with Crippen LogP contribution in [-0.4, -0.2) is 84.7 Å². The average Bonchev–Trinajstić information content (AvgIpc) is 3.22. The fourth-order valence-electron chi connectivity index (χ4n) is 9.23. The van der Waals surface area contributed by atoms with Gasteiger partial charge in [-0.2, -0.15) is 0 Å². The van der Waals surface area contributed by atoms with Crippen molar-refractivity contribution in [1.82, 2.24) is 0 Å². The van der Waals surface area contributed by atoms with E-state index >= 15 is 0 Å². The standard InChI is InChI=1S/C45H36O17/c46-19-12-29(54)35-32(13-19)59-42(17-2-6-23(48)27(52)10-17)40(57)34(35)20-4-8-31-36(39(20)56)38-37-33(62-45(61-31,44(38)58)18-3-7-24(49)28(53)11-18)15-25(50)21-14-30(55)41(60-43(21)37)16-1-5-22(47)26(51)9-16/h1-13,15,30,34,38,40-42,44,46-58H,14H2/t30-,34+,38-,40-,41-,42?,44-,45+/m1/s1. The SMILES string of the molecule is Oc1cc(O)c2c(c1)OC(c1ccc(O)c(O)c1)[C@H](O)[C@H]2c1ccc2c(c1O)[C@@H]1c3c(cc(O)c4c3O[C@H](c3ccc(O)c(O)c3)[C@H](O)C4)O[C@](c3ccc(O)c(O)c3)(O2)[C@@H]1O. The molecule has 17 heteroatoms. The number of hydrogen-bond donors (Lipinski definition) is 13. The van der Waals surface area contributed by atoms with Gasteiger partial charge in [0.15, 0.2) is 40.6 Å². The first-order valence-electron chi connectivity index (χ1n) is 19.2. The highest BCUT2D eigenvalue weighted by Gasteiger charge is 2.60. The molecule has 4 heterocycles. The largest absolute Gasteiger partial charge is 0.508 e.